The third kappa shape index (κ3) is 2.50. The summed E-state index contributed by atoms with van der Waals surface area (Å²) in [6.45, 7) is 0.531. The van der Waals surface area contributed by atoms with Crippen LogP contribution in [0, 0.1) is 0 Å². The number of aryl methyl sites for hydroxylation is 1. The molecule has 6 heteroatoms. The van der Waals surface area contributed by atoms with E-state index in [0.717, 1.165) is 18.5 Å². The summed E-state index contributed by atoms with van der Waals surface area (Å²) in [5, 5.41) is 0.273. The highest BCUT2D eigenvalue weighted by molar-refractivity contribution is 7.89. The summed E-state index contributed by atoms with van der Waals surface area (Å²) in [6, 6.07) is 10.4. The second-order valence-electron chi connectivity index (χ2n) is 5.25. The van der Waals surface area contributed by atoms with Crippen molar-refractivity contribution in [3.05, 3.63) is 53.3 Å². The van der Waals surface area contributed by atoms with Crippen molar-refractivity contribution in [2.75, 3.05) is 6.54 Å². The van der Waals surface area contributed by atoms with Gasteiger partial charge in [-0.25, -0.2) is 8.42 Å². The summed E-state index contributed by atoms with van der Waals surface area (Å²) < 4.78 is 29.4. The van der Waals surface area contributed by atoms with Gasteiger partial charge in [-0.3, -0.25) is 0 Å². The number of benzene rings is 1. The molecule has 3 rings (SSSR count). The topological polar surface area (TPSA) is 42.3 Å². The van der Waals surface area contributed by atoms with Gasteiger partial charge in [-0.2, -0.15) is 4.31 Å². The lowest BCUT2D eigenvalue weighted by Gasteiger charge is -2.25. The van der Waals surface area contributed by atoms with Crippen molar-refractivity contribution in [1.29, 1.82) is 0 Å². The van der Waals surface area contributed by atoms with Crippen molar-refractivity contribution in [3.8, 4) is 0 Å². The molecule has 1 saturated heterocycles. The molecule has 0 spiro atoms. The molecule has 0 radical (unpaired) electrons. The fraction of sp³-hybridized carbons (Fsp3) is 0.333. The first-order valence-corrected chi connectivity index (χ1v) is 8.71. The lowest BCUT2D eigenvalue weighted by Crippen LogP contribution is -2.31. The lowest BCUT2D eigenvalue weighted by molar-refractivity contribution is 0.384. The molecular formula is C15H17ClN2O2S. The molecule has 0 amide bonds. The number of rotatable bonds is 3. The van der Waals surface area contributed by atoms with E-state index in [9.17, 15) is 8.42 Å². The zero-order chi connectivity index (χ0) is 15.0. The first kappa shape index (κ1) is 14.6. The van der Waals surface area contributed by atoms with Gasteiger partial charge in [-0.05, 0) is 37.1 Å². The van der Waals surface area contributed by atoms with Gasteiger partial charge < -0.3 is 4.57 Å². The zero-order valence-electron chi connectivity index (χ0n) is 11.7. The van der Waals surface area contributed by atoms with Gasteiger partial charge in [0.15, 0.2) is 0 Å². The number of halogens is 1. The van der Waals surface area contributed by atoms with Crippen molar-refractivity contribution in [1.82, 2.24) is 8.87 Å². The van der Waals surface area contributed by atoms with Crippen LogP contribution in [0.4, 0.5) is 0 Å². The van der Waals surface area contributed by atoms with Crippen LogP contribution < -0.4 is 0 Å². The van der Waals surface area contributed by atoms with Crippen LogP contribution in [0.5, 0.6) is 0 Å². The van der Waals surface area contributed by atoms with Crippen molar-refractivity contribution < 1.29 is 8.42 Å². The van der Waals surface area contributed by atoms with E-state index in [1.807, 2.05) is 29.9 Å². The van der Waals surface area contributed by atoms with Gasteiger partial charge in [0.2, 0.25) is 10.0 Å². The third-order valence-corrected chi connectivity index (χ3v) is 6.36. The summed E-state index contributed by atoms with van der Waals surface area (Å²) in [6.07, 6.45) is 3.63. The van der Waals surface area contributed by atoms with Crippen LogP contribution in [0.15, 0.2) is 47.5 Å². The van der Waals surface area contributed by atoms with Crippen LogP contribution in [0.25, 0.3) is 0 Å². The van der Waals surface area contributed by atoms with Crippen LogP contribution in [0.2, 0.25) is 5.02 Å². The van der Waals surface area contributed by atoms with E-state index in [1.165, 1.54) is 0 Å². The van der Waals surface area contributed by atoms with Gasteiger partial charge in [-0.1, -0.05) is 23.7 Å². The van der Waals surface area contributed by atoms with E-state index in [0.29, 0.717) is 6.54 Å². The molecule has 1 aromatic heterocycles. The largest absolute Gasteiger partial charge is 0.353 e. The van der Waals surface area contributed by atoms with Crippen molar-refractivity contribution >= 4 is 21.6 Å². The molecule has 1 aromatic carbocycles. The molecule has 112 valence electrons. The minimum Gasteiger partial charge on any atom is -0.353 e. The SMILES string of the molecule is Cn1cccc1C1CCCN1S(=O)(=O)c1ccccc1Cl. The number of sulfonamides is 1. The van der Waals surface area contributed by atoms with E-state index >= 15 is 0 Å². The minimum absolute atomic E-state index is 0.119. The molecule has 0 N–H and O–H groups in total. The Labute approximate surface area is 130 Å². The van der Waals surface area contributed by atoms with Crippen molar-refractivity contribution in [2.45, 2.75) is 23.8 Å². The van der Waals surface area contributed by atoms with Gasteiger partial charge in [0.25, 0.3) is 0 Å². The summed E-state index contributed by atoms with van der Waals surface area (Å²) in [4.78, 5) is 0.188. The van der Waals surface area contributed by atoms with Gasteiger partial charge in [0.1, 0.15) is 4.90 Å². The molecule has 2 aromatic rings. The van der Waals surface area contributed by atoms with Gasteiger partial charge in [0, 0.05) is 25.5 Å². The Morgan fingerprint density at radius 2 is 1.95 bits per heavy atom. The monoisotopic (exact) mass is 324 g/mol. The zero-order valence-corrected chi connectivity index (χ0v) is 13.3. The second-order valence-corrected chi connectivity index (χ2v) is 7.51. The molecule has 1 aliphatic heterocycles. The number of nitrogens with zero attached hydrogens (tertiary/aromatic N) is 2. The number of hydrogen-bond donors (Lipinski definition) is 0. The van der Waals surface area contributed by atoms with E-state index in [2.05, 4.69) is 0 Å². The minimum atomic E-state index is -3.57. The molecule has 0 bridgehead atoms. The van der Waals surface area contributed by atoms with Crippen LogP contribution in [-0.2, 0) is 17.1 Å². The maximum Gasteiger partial charge on any atom is 0.245 e. The molecule has 2 heterocycles. The predicted octanol–water partition coefficient (Wildman–Crippen LogP) is 3.20. The van der Waals surface area contributed by atoms with Crippen LogP contribution in [-0.4, -0.2) is 23.8 Å². The van der Waals surface area contributed by atoms with Gasteiger partial charge in [0.05, 0.1) is 11.1 Å². The molecular weight excluding hydrogens is 308 g/mol. The number of hydrogen-bond acceptors (Lipinski definition) is 2. The van der Waals surface area contributed by atoms with Gasteiger partial charge >= 0.3 is 0 Å². The highest BCUT2D eigenvalue weighted by Crippen LogP contribution is 2.37. The second kappa shape index (κ2) is 5.48. The molecule has 1 atom stereocenters. The third-order valence-electron chi connectivity index (χ3n) is 3.95. The molecule has 1 fully saturated rings. The lowest BCUT2D eigenvalue weighted by atomic mass is 10.1. The Bertz CT molecular complexity index is 755. The highest BCUT2D eigenvalue weighted by Gasteiger charge is 2.37. The molecule has 4 nitrogen and oxygen atoms in total. The fourth-order valence-electron chi connectivity index (χ4n) is 2.92. The Balaban J connectivity index is 2.03. The maximum atomic E-state index is 12.9. The van der Waals surface area contributed by atoms with Crippen LogP contribution in [0.1, 0.15) is 24.6 Å². The van der Waals surface area contributed by atoms with Crippen LogP contribution in [0.3, 0.4) is 0 Å². The standard InChI is InChI=1S/C15H17ClN2O2S/c1-17-10-4-7-13(17)14-8-5-11-18(14)21(19,20)15-9-3-2-6-12(15)16/h2-4,6-7,9-10,14H,5,8,11H2,1H3. The normalized spacial score (nSPS) is 20.0. The maximum absolute atomic E-state index is 12.9. The summed E-state index contributed by atoms with van der Waals surface area (Å²) in [7, 11) is -1.63. The Hall–Kier alpha value is -1.30. The van der Waals surface area contributed by atoms with Crippen LogP contribution >= 0.6 is 11.6 Å². The van der Waals surface area contributed by atoms with E-state index in [1.54, 1.807) is 28.6 Å². The van der Waals surface area contributed by atoms with E-state index < -0.39 is 10.0 Å². The molecule has 0 aliphatic carbocycles. The fourth-order valence-corrected chi connectivity index (χ4v) is 5.09. The summed E-state index contributed by atoms with van der Waals surface area (Å²) in [5.41, 5.74) is 1.02. The van der Waals surface area contributed by atoms with E-state index in [4.69, 9.17) is 11.6 Å². The first-order valence-electron chi connectivity index (χ1n) is 6.89. The molecule has 1 unspecified atom stereocenters. The summed E-state index contributed by atoms with van der Waals surface area (Å²) >= 11 is 6.08. The average Bonchev–Trinajstić information content (AvgIpc) is 3.07. The quantitative estimate of drug-likeness (QED) is 0.870. The van der Waals surface area contributed by atoms with Crippen molar-refractivity contribution in [3.63, 3.8) is 0 Å². The average molecular weight is 325 g/mol. The number of aromatic nitrogens is 1. The molecule has 1 aliphatic rings. The molecule has 0 saturated carbocycles. The van der Waals surface area contributed by atoms with E-state index in [-0.39, 0.29) is 16.0 Å². The van der Waals surface area contributed by atoms with Gasteiger partial charge in [-0.15, -0.1) is 0 Å². The first-order chi connectivity index (χ1) is 10.0. The smallest absolute Gasteiger partial charge is 0.245 e. The Kier molecular flexibility index (Phi) is 3.82. The Morgan fingerprint density at radius 1 is 1.19 bits per heavy atom. The summed E-state index contributed by atoms with van der Waals surface area (Å²) in [5.74, 6) is 0. The highest BCUT2D eigenvalue weighted by atomic mass is 35.5. The molecule has 21 heavy (non-hydrogen) atoms. The predicted molar refractivity (Wildman–Crippen MR) is 82.7 cm³/mol. The van der Waals surface area contributed by atoms with Crippen molar-refractivity contribution in [2.24, 2.45) is 7.05 Å². The Morgan fingerprint density at radius 3 is 2.62 bits per heavy atom.